The van der Waals surface area contributed by atoms with Crippen LogP contribution in [0.1, 0.15) is 40.3 Å². The Morgan fingerprint density at radius 3 is 2.48 bits per heavy atom. The highest BCUT2D eigenvalue weighted by molar-refractivity contribution is 7.89. The van der Waals surface area contributed by atoms with Crippen molar-refractivity contribution in [1.29, 1.82) is 0 Å². The largest absolute Gasteiger partial charge is 0.463 e. The minimum Gasteiger partial charge on any atom is -0.463 e. The van der Waals surface area contributed by atoms with E-state index < -0.39 is 22.0 Å². The second-order valence-corrected chi connectivity index (χ2v) is 9.38. The predicted molar refractivity (Wildman–Crippen MR) is 109 cm³/mol. The van der Waals surface area contributed by atoms with E-state index in [1.165, 1.54) is 41.9 Å². The number of rotatable bonds is 6. The number of carbonyl (C=O) groups is 2. The summed E-state index contributed by atoms with van der Waals surface area (Å²) in [4.78, 5) is 24.0. The Balaban J connectivity index is 1.80. The number of nitrogens with zero attached hydrogens (tertiary/aromatic N) is 1. The molecule has 9 nitrogen and oxygen atoms in total. The van der Waals surface area contributed by atoms with E-state index in [1.807, 2.05) is 0 Å². The Morgan fingerprint density at radius 1 is 1.16 bits per heavy atom. The van der Waals surface area contributed by atoms with E-state index in [4.69, 9.17) is 25.5 Å². The molecule has 0 saturated carbocycles. The molecule has 2 unspecified atom stereocenters. The summed E-state index contributed by atoms with van der Waals surface area (Å²) in [5.41, 5.74) is 0.318. The van der Waals surface area contributed by atoms with Crippen molar-refractivity contribution in [3.63, 3.8) is 0 Å². The zero-order chi connectivity index (χ0) is 22.8. The third-order valence-electron chi connectivity index (χ3n) is 4.65. The average Bonchev–Trinajstić information content (AvgIpc) is 3.19. The zero-order valence-electron chi connectivity index (χ0n) is 17.2. The highest BCUT2D eigenvalue weighted by Gasteiger charge is 2.34. The van der Waals surface area contributed by atoms with Crippen LogP contribution in [0.4, 0.5) is 0 Å². The van der Waals surface area contributed by atoms with E-state index in [0.717, 1.165) is 0 Å². The van der Waals surface area contributed by atoms with Gasteiger partial charge in [-0.15, -0.1) is 0 Å². The number of esters is 2. The smallest absolute Gasteiger partial charge is 0.374 e. The normalized spacial score (nSPS) is 19.7. The molecule has 0 spiro atoms. The van der Waals surface area contributed by atoms with Gasteiger partial charge in [0.15, 0.2) is 0 Å². The van der Waals surface area contributed by atoms with Gasteiger partial charge in [0, 0.05) is 18.7 Å². The lowest BCUT2D eigenvalue weighted by Gasteiger charge is -2.34. The van der Waals surface area contributed by atoms with Crippen LogP contribution in [-0.4, -0.2) is 57.1 Å². The maximum atomic E-state index is 13.1. The highest BCUT2D eigenvalue weighted by atomic mass is 35.5. The van der Waals surface area contributed by atoms with Crippen LogP contribution in [0.25, 0.3) is 0 Å². The topological polar surface area (TPSA) is 112 Å². The molecule has 0 amide bonds. The van der Waals surface area contributed by atoms with E-state index in [9.17, 15) is 18.0 Å². The van der Waals surface area contributed by atoms with Gasteiger partial charge in [-0.1, -0.05) is 11.6 Å². The van der Waals surface area contributed by atoms with Gasteiger partial charge in [-0.05, 0) is 38.1 Å². The Bertz CT molecular complexity index is 1070. The van der Waals surface area contributed by atoms with E-state index in [0.29, 0.717) is 5.56 Å². The first kappa shape index (κ1) is 23.3. The molecule has 1 aromatic carbocycles. The summed E-state index contributed by atoms with van der Waals surface area (Å²) in [6.07, 6.45) is 0.723. The van der Waals surface area contributed by atoms with Gasteiger partial charge in [0.05, 0.1) is 36.2 Å². The standard InChI is InChI=1S/C20H22ClNO8S/c1-12-9-22(10-13(2)30-12)31(25,26)17-8-14(4-5-16(17)21)19(23)29-11-15-6-7-28-18(15)20(24)27-3/h4-8,12-13H,9-11H2,1-3H3. The number of halogens is 1. The van der Waals surface area contributed by atoms with E-state index in [2.05, 4.69) is 4.74 Å². The molecule has 1 fully saturated rings. The van der Waals surface area contributed by atoms with Crippen molar-refractivity contribution in [2.24, 2.45) is 0 Å². The van der Waals surface area contributed by atoms with Crippen LogP contribution in [0.15, 0.2) is 39.8 Å². The number of ether oxygens (including phenoxy) is 3. The summed E-state index contributed by atoms with van der Waals surface area (Å²) in [6, 6.07) is 5.35. The summed E-state index contributed by atoms with van der Waals surface area (Å²) in [5.74, 6) is -1.57. The Kier molecular flexibility index (Phi) is 7.05. The van der Waals surface area contributed by atoms with Gasteiger partial charge < -0.3 is 18.6 Å². The number of hydrogen-bond acceptors (Lipinski definition) is 8. The molecule has 31 heavy (non-hydrogen) atoms. The van der Waals surface area contributed by atoms with Crippen LogP contribution in [0, 0.1) is 0 Å². The molecule has 0 aliphatic carbocycles. The number of sulfonamides is 1. The summed E-state index contributed by atoms with van der Waals surface area (Å²) < 4.78 is 48.0. The SMILES string of the molecule is COC(=O)c1occc1COC(=O)c1ccc(Cl)c(S(=O)(=O)N2CC(C)OC(C)C2)c1. The third-order valence-corrected chi connectivity index (χ3v) is 6.96. The van der Waals surface area contributed by atoms with Gasteiger partial charge >= 0.3 is 11.9 Å². The maximum absolute atomic E-state index is 13.1. The molecule has 3 rings (SSSR count). The lowest BCUT2D eigenvalue weighted by molar-refractivity contribution is -0.0440. The monoisotopic (exact) mass is 471 g/mol. The van der Waals surface area contributed by atoms with Crippen molar-refractivity contribution in [2.75, 3.05) is 20.2 Å². The number of hydrogen-bond donors (Lipinski definition) is 0. The first-order valence-corrected chi connectivity index (χ1v) is 11.2. The van der Waals surface area contributed by atoms with E-state index in [1.54, 1.807) is 13.8 Å². The molecule has 2 heterocycles. The molecular formula is C20H22ClNO8S. The highest BCUT2D eigenvalue weighted by Crippen LogP contribution is 2.28. The molecule has 11 heteroatoms. The molecule has 2 aromatic rings. The van der Waals surface area contributed by atoms with Crippen LogP contribution in [0.3, 0.4) is 0 Å². The van der Waals surface area contributed by atoms with Crippen molar-refractivity contribution in [3.05, 3.63) is 52.4 Å². The first-order chi connectivity index (χ1) is 14.6. The third kappa shape index (κ3) is 5.09. The van der Waals surface area contributed by atoms with Crippen LogP contribution in [-0.2, 0) is 30.8 Å². The number of methoxy groups -OCH3 is 1. The fourth-order valence-electron chi connectivity index (χ4n) is 3.24. The molecule has 1 aliphatic heterocycles. The Labute approximate surface area is 184 Å². The van der Waals surface area contributed by atoms with Crippen molar-refractivity contribution in [2.45, 2.75) is 37.6 Å². The van der Waals surface area contributed by atoms with Crippen molar-refractivity contribution >= 4 is 33.6 Å². The number of morpholine rings is 1. The quantitative estimate of drug-likeness (QED) is 0.591. The van der Waals surface area contributed by atoms with Gasteiger partial charge in [-0.2, -0.15) is 4.31 Å². The molecule has 0 radical (unpaired) electrons. The number of furan rings is 1. The zero-order valence-corrected chi connectivity index (χ0v) is 18.7. The molecular weight excluding hydrogens is 450 g/mol. The van der Waals surface area contributed by atoms with Crippen molar-refractivity contribution < 1.29 is 36.6 Å². The van der Waals surface area contributed by atoms with Gasteiger partial charge in [-0.25, -0.2) is 18.0 Å². The van der Waals surface area contributed by atoms with Gasteiger partial charge in [-0.3, -0.25) is 0 Å². The fourth-order valence-corrected chi connectivity index (χ4v) is 5.33. The van der Waals surface area contributed by atoms with Crippen molar-refractivity contribution in [1.82, 2.24) is 4.31 Å². The number of benzene rings is 1. The van der Waals surface area contributed by atoms with Crippen molar-refractivity contribution in [3.8, 4) is 0 Å². The molecule has 1 saturated heterocycles. The predicted octanol–water partition coefficient (Wildman–Crippen LogP) is 2.87. The number of carbonyl (C=O) groups excluding carboxylic acids is 2. The second kappa shape index (κ2) is 9.39. The molecule has 2 atom stereocenters. The van der Waals surface area contributed by atoms with E-state index >= 15 is 0 Å². The molecule has 0 N–H and O–H groups in total. The molecule has 0 bridgehead atoms. The summed E-state index contributed by atoms with van der Waals surface area (Å²) in [5, 5.41) is -0.00819. The minimum absolute atomic E-state index is 0.000411. The first-order valence-electron chi connectivity index (χ1n) is 9.40. The molecule has 1 aromatic heterocycles. The summed E-state index contributed by atoms with van der Waals surface area (Å²) in [6.45, 7) is 3.66. The van der Waals surface area contributed by atoms with Gasteiger partial charge in [0.25, 0.3) is 0 Å². The van der Waals surface area contributed by atoms with E-state index in [-0.39, 0.29) is 53.1 Å². The van der Waals surface area contributed by atoms with Crippen LogP contribution in [0.2, 0.25) is 5.02 Å². The Hall–Kier alpha value is -2.40. The lowest BCUT2D eigenvalue weighted by Crippen LogP contribution is -2.48. The maximum Gasteiger partial charge on any atom is 0.374 e. The van der Waals surface area contributed by atoms with Gasteiger partial charge in [0.1, 0.15) is 11.5 Å². The molecule has 1 aliphatic rings. The summed E-state index contributed by atoms with van der Waals surface area (Å²) in [7, 11) is -2.76. The van der Waals surface area contributed by atoms with Crippen LogP contribution in [0.5, 0.6) is 0 Å². The van der Waals surface area contributed by atoms with Crippen LogP contribution < -0.4 is 0 Å². The summed E-state index contributed by atoms with van der Waals surface area (Å²) >= 11 is 6.15. The average molecular weight is 472 g/mol. The minimum atomic E-state index is -3.96. The fraction of sp³-hybridized carbons (Fsp3) is 0.400. The molecule has 168 valence electrons. The van der Waals surface area contributed by atoms with Crippen LogP contribution >= 0.6 is 11.6 Å². The van der Waals surface area contributed by atoms with Gasteiger partial charge in [0.2, 0.25) is 15.8 Å². The second-order valence-electron chi connectivity index (χ2n) is 7.07. The lowest BCUT2D eigenvalue weighted by atomic mass is 10.2. The Morgan fingerprint density at radius 2 is 1.84 bits per heavy atom.